The van der Waals surface area contributed by atoms with Crippen LogP contribution in [0.5, 0.6) is 0 Å². The number of likely N-dealkylation sites (tertiary alicyclic amines) is 1. The van der Waals surface area contributed by atoms with Crippen molar-refractivity contribution in [1.29, 1.82) is 0 Å². The first-order valence-electron chi connectivity index (χ1n) is 6.58. The second kappa shape index (κ2) is 4.74. The Morgan fingerprint density at radius 1 is 1.38 bits per heavy atom. The minimum Gasteiger partial charge on any atom is -0.480 e. The van der Waals surface area contributed by atoms with Crippen LogP contribution in [0.25, 0.3) is 0 Å². The summed E-state index contributed by atoms with van der Waals surface area (Å²) < 4.78 is 0. The number of nitrogens with zero attached hydrogens (tertiary/aromatic N) is 1. The third-order valence-corrected chi connectivity index (χ3v) is 4.08. The Morgan fingerprint density at radius 2 is 2.06 bits per heavy atom. The van der Waals surface area contributed by atoms with E-state index >= 15 is 0 Å². The van der Waals surface area contributed by atoms with Gasteiger partial charge < -0.3 is 5.11 Å². The zero-order valence-corrected chi connectivity index (χ0v) is 10.4. The smallest absolute Gasteiger partial charge is 0.320 e. The molecule has 1 heterocycles. The molecule has 2 rings (SSSR count). The molecule has 3 nitrogen and oxygen atoms in total. The molecule has 0 aromatic heterocycles. The van der Waals surface area contributed by atoms with Crippen molar-refractivity contribution in [2.75, 3.05) is 6.54 Å². The Balaban J connectivity index is 2.11. The Kier molecular flexibility index (Phi) is 3.53. The molecule has 2 aliphatic rings. The number of carbonyl (C=O) groups is 1. The summed E-state index contributed by atoms with van der Waals surface area (Å²) in [5, 5.41) is 9.30. The molecule has 0 amide bonds. The van der Waals surface area contributed by atoms with Gasteiger partial charge in [-0.3, -0.25) is 9.69 Å². The van der Waals surface area contributed by atoms with Crippen LogP contribution in [-0.4, -0.2) is 34.6 Å². The van der Waals surface area contributed by atoms with E-state index in [4.69, 9.17) is 0 Å². The predicted octanol–water partition coefficient (Wildman–Crippen LogP) is 2.36. The highest BCUT2D eigenvalue weighted by Gasteiger charge is 2.44. The maximum Gasteiger partial charge on any atom is 0.320 e. The van der Waals surface area contributed by atoms with E-state index < -0.39 is 5.97 Å². The average molecular weight is 225 g/mol. The lowest BCUT2D eigenvalue weighted by atomic mass is 9.84. The summed E-state index contributed by atoms with van der Waals surface area (Å²) in [4.78, 5) is 13.6. The molecular formula is C13H23NO2. The molecule has 1 saturated carbocycles. The lowest BCUT2D eigenvalue weighted by molar-refractivity contribution is -0.142. The Labute approximate surface area is 97.8 Å². The van der Waals surface area contributed by atoms with Crippen molar-refractivity contribution in [3.05, 3.63) is 0 Å². The lowest BCUT2D eigenvalue weighted by Crippen LogP contribution is -2.44. The van der Waals surface area contributed by atoms with Gasteiger partial charge in [-0.1, -0.05) is 26.7 Å². The van der Waals surface area contributed by atoms with Gasteiger partial charge in [-0.05, 0) is 31.1 Å². The van der Waals surface area contributed by atoms with Crippen LogP contribution in [-0.2, 0) is 4.79 Å². The highest BCUT2D eigenvalue weighted by atomic mass is 16.4. The van der Waals surface area contributed by atoms with Crippen LogP contribution in [0.1, 0.15) is 46.0 Å². The van der Waals surface area contributed by atoms with Gasteiger partial charge in [0.1, 0.15) is 6.04 Å². The Hall–Kier alpha value is -0.570. The molecule has 0 aromatic carbocycles. The fourth-order valence-electron chi connectivity index (χ4n) is 3.48. The van der Waals surface area contributed by atoms with Gasteiger partial charge in [-0.2, -0.15) is 0 Å². The van der Waals surface area contributed by atoms with Gasteiger partial charge in [0, 0.05) is 12.6 Å². The van der Waals surface area contributed by atoms with Crippen molar-refractivity contribution in [3.8, 4) is 0 Å². The fourth-order valence-corrected chi connectivity index (χ4v) is 3.48. The first kappa shape index (κ1) is 11.9. The SMILES string of the molecule is CC(C)CN1C(C(=O)O)CC2CCCCC21. The fraction of sp³-hybridized carbons (Fsp3) is 0.923. The maximum absolute atomic E-state index is 11.3. The van der Waals surface area contributed by atoms with E-state index in [1.807, 2.05) is 0 Å². The summed E-state index contributed by atoms with van der Waals surface area (Å²) in [5.41, 5.74) is 0. The summed E-state index contributed by atoms with van der Waals surface area (Å²) in [5.74, 6) is 0.589. The van der Waals surface area contributed by atoms with E-state index in [0.717, 1.165) is 13.0 Å². The molecule has 3 heteroatoms. The van der Waals surface area contributed by atoms with E-state index in [9.17, 15) is 9.90 Å². The molecule has 1 aliphatic carbocycles. The number of aliphatic carboxylic acids is 1. The van der Waals surface area contributed by atoms with Gasteiger partial charge in [-0.25, -0.2) is 0 Å². The second-order valence-electron chi connectivity index (χ2n) is 5.79. The molecule has 16 heavy (non-hydrogen) atoms. The highest BCUT2D eigenvalue weighted by Crippen LogP contribution is 2.39. The van der Waals surface area contributed by atoms with Gasteiger partial charge in [0.25, 0.3) is 0 Å². The zero-order chi connectivity index (χ0) is 11.7. The Bertz CT molecular complexity index is 265. The number of fused-ring (bicyclic) bond motifs is 1. The molecule has 0 spiro atoms. The summed E-state index contributed by atoms with van der Waals surface area (Å²) in [6, 6.07) is 0.341. The molecule has 1 saturated heterocycles. The van der Waals surface area contributed by atoms with Crippen LogP contribution >= 0.6 is 0 Å². The Morgan fingerprint density at radius 3 is 2.69 bits per heavy atom. The first-order chi connectivity index (χ1) is 7.59. The van der Waals surface area contributed by atoms with Crippen molar-refractivity contribution in [2.45, 2.75) is 58.0 Å². The number of carboxylic acid groups (broad SMARTS) is 1. The normalized spacial score (nSPS) is 35.3. The van der Waals surface area contributed by atoms with E-state index in [1.54, 1.807) is 0 Å². The summed E-state index contributed by atoms with van der Waals surface area (Å²) >= 11 is 0. The summed E-state index contributed by atoms with van der Waals surface area (Å²) in [6.07, 6.45) is 5.90. The van der Waals surface area contributed by atoms with Crippen LogP contribution in [0.15, 0.2) is 0 Å². The molecule has 0 aromatic rings. The van der Waals surface area contributed by atoms with Crippen molar-refractivity contribution < 1.29 is 9.90 Å². The molecule has 3 atom stereocenters. The second-order valence-corrected chi connectivity index (χ2v) is 5.79. The number of carboxylic acids is 1. The minimum absolute atomic E-state index is 0.213. The maximum atomic E-state index is 11.3. The van der Waals surface area contributed by atoms with Gasteiger partial charge in [0.2, 0.25) is 0 Å². The van der Waals surface area contributed by atoms with Gasteiger partial charge in [0.05, 0.1) is 0 Å². The van der Waals surface area contributed by atoms with Crippen molar-refractivity contribution in [2.24, 2.45) is 11.8 Å². The van der Waals surface area contributed by atoms with E-state index in [1.165, 1.54) is 25.7 Å². The van der Waals surface area contributed by atoms with Crippen molar-refractivity contribution in [3.63, 3.8) is 0 Å². The molecular weight excluding hydrogens is 202 g/mol. The molecule has 0 radical (unpaired) electrons. The third-order valence-electron chi connectivity index (χ3n) is 4.08. The number of hydrogen-bond acceptors (Lipinski definition) is 2. The van der Waals surface area contributed by atoms with Crippen molar-refractivity contribution >= 4 is 5.97 Å². The van der Waals surface area contributed by atoms with Crippen molar-refractivity contribution in [1.82, 2.24) is 4.90 Å². The predicted molar refractivity (Wildman–Crippen MR) is 63.3 cm³/mol. The van der Waals surface area contributed by atoms with Gasteiger partial charge in [0.15, 0.2) is 0 Å². The quantitative estimate of drug-likeness (QED) is 0.801. The molecule has 92 valence electrons. The van der Waals surface area contributed by atoms with Crippen LogP contribution < -0.4 is 0 Å². The topological polar surface area (TPSA) is 40.5 Å². The first-order valence-corrected chi connectivity index (χ1v) is 6.58. The molecule has 1 N–H and O–H groups in total. The zero-order valence-electron chi connectivity index (χ0n) is 10.4. The molecule has 2 fully saturated rings. The summed E-state index contributed by atoms with van der Waals surface area (Å²) in [6.45, 7) is 5.29. The number of hydrogen-bond donors (Lipinski definition) is 1. The van der Waals surface area contributed by atoms with Crippen LogP contribution in [0.3, 0.4) is 0 Å². The highest BCUT2D eigenvalue weighted by molar-refractivity contribution is 5.74. The van der Waals surface area contributed by atoms with E-state index in [2.05, 4.69) is 18.7 Å². The monoisotopic (exact) mass is 225 g/mol. The number of rotatable bonds is 3. The van der Waals surface area contributed by atoms with Crippen LogP contribution in [0.4, 0.5) is 0 Å². The van der Waals surface area contributed by atoms with Gasteiger partial charge >= 0.3 is 5.97 Å². The standard InChI is InChI=1S/C13H23NO2/c1-9(2)8-14-11-6-4-3-5-10(11)7-12(14)13(15)16/h9-12H,3-8H2,1-2H3,(H,15,16). The largest absolute Gasteiger partial charge is 0.480 e. The third kappa shape index (κ3) is 2.24. The van der Waals surface area contributed by atoms with E-state index in [0.29, 0.717) is 17.9 Å². The summed E-state index contributed by atoms with van der Waals surface area (Å²) in [7, 11) is 0. The minimum atomic E-state index is -0.616. The molecule has 1 aliphatic heterocycles. The molecule has 0 bridgehead atoms. The average Bonchev–Trinajstić information content (AvgIpc) is 2.57. The lowest BCUT2D eigenvalue weighted by Gasteiger charge is -2.33. The van der Waals surface area contributed by atoms with Gasteiger partial charge in [-0.15, -0.1) is 0 Å². The molecule has 3 unspecified atom stereocenters. The van der Waals surface area contributed by atoms with E-state index in [-0.39, 0.29) is 6.04 Å². The van der Waals surface area contributed by atoms with Crippen LogP contribution in [0.2, 0.25) is 0 Å². The van der Waals surface area contributed by atoms with Crippen LogP contribution in [0, 0.1) is 11.8 Å².